The van der Waals surface area contributed by atoms with Gasteiger partial charge in [-0.2, -0.15) is 0 Å². The predicted molar refractivity (Wildman–Crippen MR) is 83.3 cm³/mol. The second kappa shape index (κ2) is 5.62. The van der Waals surface area contributed by atoms with Gasteiger partial charge in [0, 0.05) is 23.1 Å². The van der Waals surface area contributed by atoms with Gasteiger partial charge in [0.15, 0.2) is 5.43 Å². The second-order valence-electron chi connectivity index (χ2n) is 4.76. The van der Waals surface area contributed by atoms with Crippen molar-refractivity contribution in [2.24, 2.45) is 0 Å². The summed E-state index contributed by atoms with van der Waals surface area (Å²) in [5.74, 6) is 0.768. The fraction of sp³-hybridized carbons (Fsp3) is 0.118. The first kappa shape index (κ1) is 13.7. The highest BCUT2D eigenvalue weighted by molar-refractivity contribution is 6.31. The van der Waals surface area contributed by atoms with Crippen LogP contribution < -0.4 is 10.2 Å². The lowest BCUT2D eigenvalue weighted by atomic mass is 10.0. The normalized spacial score (nSPS) is 10.8. The third kappa shape index (κ3) is 2.78. The Kier molecular flexibility index (Phi) is 3.67. The minimum absolute atomic E-state index is 0.0317. The first-order chi connectivity index (χ1) is 10.2. The smallest absolute Gasteiger partial charge is 0.196 e. The Morgan fingerprint density at radius 3 is 2.86 bits per heavy atom. The number of hydrogen-bond donors (Lipinski definition) is 0. The molecule has 0 radical (unpaired) electrons. The third-order valence-corrected chi connectivity index (χ3v) is 3.57. The molecule has 4 heteroatoms. The summed E-state index contributed by atoms with van der Waals surface area (Å²) in [6.45, 7) is 0. The van der Waals surface area contributed by atoms with Crippen LogP contribution in [0.3, 0.4) is 0 Å². The highest BCUT2D eigenvalue weighted by atomic mass is 35.5. The Morgan fingerprint density at radius 1 is 1.19 bits per heavy atom. The van der Waals surface area contributed by atoms with E-state index in [1.54, 1.807) is 25.3 Å². The third-order valence-electron chi connectivity index (χ3n) is 3.34. The Morgan fingerprint density at radius 2 is 2.05 bits per heavy atom. The summed E-state index contributed by atoms with van der Waals surface area (Å²) < 4.78 is 10.7. The summed E-state index contributed by atoms with van der Waals surface area (Å²) in [5.41, 5.74) is 2.07. The SMILES string of the molecule is COc1cccc(Cc2coc3cc(Cl)ccc3c2=O)c1. The molecule has 3 nitrogen and oxygen atoms in total. The van der Waals surface area contributed by atoms with E-state index >= 15 is 0 Å². The summed E-state index contributed by atoms with van der Waals surface area (Å²) in [7, 11) is 1.62. The van der Waals surface area contributed by atoms with E-state index in [-0.39, 0.29) is 5.43 Å². The van der Waals surface area contributed by atoms with Crippen LogP contribution in [0.4, 0.5) is 0 Å². The van der Waals surface area contributed by atoms with Gasteiger partial charge in [-0.15, -0.1) is 0 Å². The Balaban J connectivity index is 2.03. The number of benzene rings is 2. The lowest BCUT2D eigenvalue weighted by molar-refractivity contribution is 0.414. The molecule has 0 saturated carbocycles. The highest BCUT2D eigenvalue weighted by Crippen LogP contribution is 2.19. The van der Waals surface area contributed by atoms with Gasteiger partial charge in [0.2, 0.25) is 0 Å². The van der Waals surface area contributed by atoms with Crippen molar-refractivity contribution in [1.82, 2.24) is 0 Å². The van der Waals surface area contributed by atoms with Gasteiger partial charge < -0.3 is 9.15 Å². The van der Waals surface area contributed by atoms with E-state index in [0.29, 0.717) is 28.0 Å². The molecule has 106 valence electrons. The molecule has 0 atom stereocenters. The van der Waals surface area contributed by atoms with Gasteiger partial charge in [-0.1, -0.05) is 23.7 Å². The Bertz CT molecular complexity index is 852. The van der Waals surface area contributed by atoms with Crippen LogP contribution in [0.5, 0.6) is 5.75 Å². The molecule has 21 heavy (non-hydrogen) atoms. The number of methoxy groups -OCH3 is 1. The van der Waals surface area contributed by atoms with Gasteiger partial charge in [-0.05, 0) is 29.8 Å². The molecule has 2 aromatic carbocycles. The maximum atomic E-state index is 12.5. The van der Waals surface area contributed by atoms with Gasteiger partial charge in [-0.25, -0.2) is 0 Å². The van der Waals surface area contributed by atoms with Gasteiger partial charge >= 0.3 is 0 Å². The molecule has 1 aromatic heterocycles. The van der Waals surface area contributed by atoms with E-state index in [1.807, 2.05) is 24.3 Å². The van der Waals surface area contributed by atoms with E-state index in [0.717, 1.165) is 11.3 Å². The molecule has 0 N–H and O–H groups in total. The van der Waals surface area contributed by atoms with Crippen molar-refractivity contribution in [1.29, 1.82) is 0 Å². The molecule has 0 aliphatic carbocycles. The fourth-order valence-corrected chi connectivity index (χ4v) is 2.43. The maximum absolute atomic E-state index is 12.5. The zero-order valence-corrected chi connectivity index (χ0v) is 12.2. The minimum atomic E-state index is -0.0317. The predicted octanol–water partition coefficient (Wildman–Crippen LogP) is 4.05. The number of ether oxygens (including phenoxy) is 1. The van der Waals surface area contributed by atoms with Crippen LogP contribution in [-0.4, -0.2) is 7.11 Å². The lowest BCUT2D eigenvalue weighted by Crippen LogP contribution is -2.09. The van der Waals surface area contributed by atoms with Crippen molar-refractivity contribution in [2.75, 3.05) is 7.11 Å². The molecule has 0 fully saturated rings. The summed E-state index contributed by atoms with van der Waals surface area (Å²) in [6, 6.07) is 12.7. The molecule has 0 saturated heterocycles. The van der Waals surface area contributed by atoms with E-state index < -0.39 is 0 Å². The standard InChI is InChI=1S/C17H13ClO3/c1-20-14-4-2-3-11(8-14)7-12-10-21-16-9-13(18)5-6-15(16)17(12)19/h2-6,8-10H,7H2,1H3. The van der Waals surface area contributed by atoms with Gasteiger partial charge in [0.1, 0.15) is 11.3 Å². The molecule has 3 rings (SSSR count). The molecular weight excluding hydrogens is 288 g/mol. The minimum Gasteiger partial charge on any atom is -0.497 e. The number of rotatable bonds is 3. The van der Waals surface area contributed by atoms with Gasteiger partial charge in [-0.3, -0.25) is 4.79 Å². The molecule has 0 spiro atoms. The largest absolute Gasteiger partial charge is 0.497 e. The number of fused-ring (bicyclic) bond motifs is 1. The fourth-order valence-electron chi connectivity index (χ4n) is 2.27. The van der Waals surface area contributed by atoms with Crippen LogP contribution in [-0.2, 0) is 6.42 Å². The van der Waals surface area contributed by atoms with E-state index in [9.17, 15) is 4.79 Å². The van der Waals surface area contributed by atoms with Gasteiger partial charge in [0.05, 0.1) is 18.8 Å². The average molecular weight is 301 g/mol. The van der Waals surface area contributed by atoms with Crippen LogP contribution in [0.2, 0.25) is 5.02 Å². The van der Waals surface area contributed by atoms with Crippen LogP contribution in [0.1, 0.15) is 11.1 Å². The van der Waals surface area contributed by atoms with Crippen molar-refractivity contribution in [2.45, 2.75) is 6.42 Å². The van der Waals surface area contributed by atoms with E-state index in [4.69, 9.17) is 20.8 Å². The van der Waals surface area contributed by atoms with Crippen molar-refractivity contribution in [3.63, 3.8) is 0 Å². The van der Waals surface area contributed by atoms with Crippen LogP contribution in [0.25, 0.3) is 11.0 Å². The molecule has 3 aromatic rings. The number of hydrogen-bond acceptors (Lipinski definition) is 3. The van der Waals surface area contributed by atoms with Crippen molar-refractivity contribution in [3.05, 3.63) is 75.1 Å². The molecule has 0 bridgehead atoms. The molecule has 0 aliphatic heterocycles. The molecule has 0 unspecified atom stereocenters. The Hall–Kier alpha value is -2.26. The zero-order chi connectivity index (χ0) is 14.8. The quantitative estimate of drug-likeness (QED) is 0.732. The average Bonchev–Trinajstić information content (AvgIpc) is 2.50. The molecule has 1 heterocycles. The number of halogens is 1. The van der Waals surface area contributed by atoms with Crippen LogP contribution in [0, 0.1) is 0 Å². The van der Waals surface area contributed by atoms with Crippen molar-refractivity contribution in [3.8, 4) is 5.75 Å². The Labute approximate surface area is 126 Å². The van der Waals surface area contributed by atoms with Crippen molar-refractivity contribution >= 4 is 22.6 Å². The molecule has 0 amide bonds. The molecular formula is C17H13ClO3. The summed E-state index contributed by atoms with van der Waals surface area (Å²) in [5, 5.41) is 1.09. The van der Waals surface area contributed by atoms with E-state index in [2.05, 4.69) is 0 Å². The second-order valence-corrected chi connectivity index (χ2v) is 5.20. The van der Waals surface area contributed by atoms with Gasteiger partial charge in [0.25, 0.3) is 0 Å². The van der Waals surface area contributed by atoms with Crippen molar-refractivity contribution < 1.29 is 9.15 Å². The first-order valence-corrected chi connectivity index (χ1v) is 6.88. The van der Waals surface area contributed by atoms with Crippen LogP contribution >= 0.6 is 11.6 Å². The topological polar surface area (TPSA) is 39.4 Å². The lowest BCUT2D eigenvalue weighted by Gasteiger charge is -2.05. The highest BCUT2D eigenvalue weighted by Gasteiger charge is 2.08. The summed E-state index contributed by atoms with van der Waals surface area (Å²) >= 11 is 5.90. The maximum Gasteiger partial charge on any atom is 0.196 e. The van der Waals surface area contributed by atoms with Crippen LogP contribution in [0.15, 0.2) is 57.9 Å². The first-order valence-electron chi connectivity index (χ1n) is 6.50. The zero-order valence-electron chi connectivity index (χ0n) is 11.4. The molecule has 0 aliphatic rings. The summed E-state index contributed by atoms with van der Waals surface area (Å²) in [4.78, 5) is 12.5. The summed E-state index contributed by atoms with van der Waals surface area (Å²) in [6.07, 6.45) is 2.00. The monoisotopic (exact) mass is 300 g/mol. The van der Waals surface area contributed by atoms with E-state index in [1.165, 1.54) is 6.26 Å².